The van der Waals surface area contributed by atoms with Crippen molar-refractivity contribution in [1.82, 2.24) is 4.98 Å². The molecule has 1 aromatic rings. The van der Waals surface area contributed by atoms with Crippen LogP contribution in [0.1, 0.15) is 26.7 Å². The van der Waals surface area contributed by atoms with Gasteiger partial charge in [-0.15, -0.1) is 0 Å². The number of hydrogen-bond acceptors (Lipinski definition) is 3. The Bertz CT molecular complexity index is 297. The van der Waals surface area contributed by atoms with Gasteiger partial charge in [-0.1, -0.05) is 25.4 Å². The maximum absolute atomic E-state index is 5.77. The summed E-state index contributed by atoms with van der Waals surface area (Å²) in [6.45, 7) is 4.26. The van der Waals surface area contributed by atoms with Crippen LogP contribution in [0.15, 0.2) is 12.3 Å². The first-order chi connectivity index (χ1) is 6.67. The number of aromatic nitrogens is 1. The molecule has 1 aromatic heterocycles. The van der Waals surface area contributed by atoms with Crippen LogP contribution < -0.4 is 11.1 Å². The van der Waals surface area contributed by atoms with Crippen LogP contribution in [0.4, 0.5) is 11.5 Å². The van der Waals surface area contributed by atoms with Gasteiger partial charge in [0.05, 0.1) is 10.7 Å². The highest BCUT2D eigenvalue weighted by atomic mass is 35.5. The Labute approximate surface area is 89.7 Å². The Hall–Kier alpha value is -0.960. The summed E-state index contributed by atoms with van der Waals surface area (Å²) in [5, 5.41) is 3.85. The maximum atomic E-state index is 5.77. The van der Waals surface area contributed by atoms with E-state index in [9.17, 15) is 0 Å². The number of nitrogens with one attached hydrogen (secondary N) is 1. The molecule has 0 aliphatic rings. The number of halogens is 1. The lowest BCUT2D eigenvalue weighted by atomic mass is 10.2. The monoisotopic (exact) mass is 213 g/mol. The third-order valence-electron chi connectivity index (χ3n) is 2.21. The van der Waals surface area contributed by atoms with E-state index in [0.717, 1.165) is 18.7 Å². The summed E-state index contributed by atoms with van der Waals surface area (Å²) in [4.78, 5) is 4.15. The summed E-state index contributed by atoms with van der Waals surface area (Å²) in [5.41, 5.74) is 6.37. The molecule has 78 valence electrons. The zero-order valence-electron chi connectivity index (χ0n) is 8.55. The lowest BCUT2D eigenvalue weighted by Gasteiger charge is -2.16. The second-order valence-electron chi connectivity index (χ2n) is 3.25. The molecular weight excluding hydrogens is 198 g/mol. The van der Waals surface area contributed by atoms with Gasteiger partial charge in [0.1, 0.15) is 5.82 Å². The van der Waals surface area contributed by atoms with Crippen molar-refractivity contribution >= 4 is 23.1 Å². The minimum atomic E-state index is 0.422. The number of hydrogen-bond donors (Lipinski definition) is 2. The van der Waals surface area contributed by atoms with E-state index < -0.39 is 0 Å². The molecule has 3 N–H and O–H groups in total. The molecule has 0 spiro atoms. The molecule has 0 saturated heterocycles. The minimum Gasteiger partial charge on any atom is -0.396 e. The predicted molar refractivity (Wildman–Crippen MR) is 61.7 cm³/mol. The second kappa shape index (κ2) is 5.05. The molecule has 0 aliphatic carbocycles. The molecule has 0 saturated carbocycles. The van der Waals surface area contributed by atoms with Crippen molar-refractivity contribution in [2.75, 3.05) is 11.1 Å². The Morgan fingerprint density at radius 3 is 2.64 bits per heavy atom. The van der Waals surface area contributed by atoms with Crippen LogP contribution in [-0.4, -0.2) is 11.0 Å². The number of pyridine rings is 1. The van der Waals surface area contributed by atoms with E-state index in [1.807, 2.05) is 0 Å². The highest BCUT2D eigenvalue weighted by Gasteiger charge is 2.06. The zero-order chi connectivity index (χ0) is 10.6. The van der Waals surface area contributed by atoms with Crippen LogP contribution in [0.3, 0.4) is 0 Å². The summed E-state index contributed by atoms with van der Waals surface area (Å²) in [6, 6.07) is 2.13. The first kappa shape index (κ1) is 11.1. The SMILES string of the molecule is CCC(CC)Nc1ncc(Cl)cc1N. The molecule has 0 unspecified atom stereocenters. The molecule has 0 fully saturated rings. The van der Waals surface area contributed by atoms with Crippen molar-refractivity contribution in [3.8, 4) is 0 Å². The Morgan fingerprint density at radius 1 is 1.50 bits per heavy atom. The quantitative estimate of drug-likeness (QED) is 0.809. The van der Waals surface area contributed by atoms with Gasteiger partial charge in [0.2, 0.25) is 0 Å². The van der Waals surface area contributed by atoms with Crippen LogP contribution >= 0.6 is 11.6 Å². The fraction of sp³-hybridized carbons (Fsp3) is 0.500. The number of rotatable bonds is 4. The van der Waals surface area contributed by atoms with E-state index in [-0.39, 0.29) is 0 Å². The highest BCUT2D eigenvalue weighted by molar-refractivity contribution is 6.30. The fourth-order valence-corrected chi connectivity index (χ4v) is 1.43. The third kappa shape index (κ3) is 2.77. The average Bonchev–Trinajstić information content (AvgIpc) is 2.17. The number of nitrogens with zero attached hydrogens (tertiary/aromatic N) is 1. The largest absolute Gasteiger partial charge is 0.396 e. The van der Waals surface area contributed by atoms with E-state index >= 15 is 0 Å². The number of nitrogen functional groups attached to an aromatic ring is 1. The summed E-state index contributed by atoms with van der Waals surface area (Å²) < 4.78 is 0. The van der Waals surface area contributed by atoms with E-state index in [2.05, 4.69) is 24.1 Å². The average molecular weight is 214 g/mol. The molecule has 0 aliphatic heterocycles. The molecule has 14 heavy (non-hydrogen) atoms. The van der Waals surface area contributed by atoms with Crippen molar-refractivity contribution in [2.45, 2.75) is 32.7 Å². The van der Waals surface area contributed by atoms with Gasteiger partial charge in [-0.2, -0.15) is 0 Å². The molecule has 0 atom stereocenters. The van der Waals surface area contributed by atoms with Gasteiger partial charge in [0.15, 0.2) is 0 Å². The summed E-state index contributed by atoms with van der Waals surface area (Å²) in [6.07, 6.45) is 3.71. The highest BCUT2D eigenvalue weighted by Crippen LogP contribution is 2.20. The van der Waals surface area contributed by atoms with E-state index in [1.165, 1.54) is 0 Å². The summed E-state index contributed by atoms with van der Waals surface area (Å²) >= 11 is 5.75. The molecule has 0 amide bonds. The maximum Gasteiger partial charge on any atom is 0.149 e. The first-order valence-electron chi connectivity index (χ1n) is 4.84. The van der Waals surface area contributed by atoms with E-state index in [4.69, 9.17) is 17.3 Å². The van der Waals surface area contributed by atoms with Crippen molar-refractivity contribution in [3.05, 3.63) is 17.3 Å². The molecule has 4 heteroatoms. The Morgan fingerprint density at radius 2 is 2.14 bits per heavy atom. The molecule has 3 nitrogen and oxygen atoms in total. The zero-order valence-corrected chi connectivity index (χ0v) is 9.30. The predicted octanol–water partition coefficient (Wildman–Crippen LogP) is 2.92. The van der Waals surface area contributed by atoms with E-state index in [0.29, 0.717) is 16.8 Å². The van der Waals surface area contributed by atoms with Crippen molar-refractivity contribution < 1.29 is 0 Å². The fourth-order valence-electron chi connectivity index (χ4n) is 1.26. The minimum absolute atomic E-state index is 0.422. The molecule has 1 heterocycles. The van der Waals surface area contributed by atoms with Gasteiger partial charge < -0.3 is 11.1 Å². The van der Waals surface area contributed by atoms with Gasteiger partial charge in [-0.3, -0.25) is 0 Å². The van der Waals surface area contributed by atoms with Gasteiger partial charge in [-0.25, -0.2) is 4.98 Å². The van der Waals surface area contributed by atoms with Crippen LogP contribution in [0, 0.1) is 0 Å². The van der Waals surface area contributed by atoms with E-state index in [1.54, 1.807) is 12.3 Å². The summed E-state index contributed by atoms with van der Waals surface area (Å²) in [7, 11) is 0. The molecule has 1 rings (SSSR count). The molecular formula is C10H16ClN3. The Balaban J connectivity index is 2.76. The smallest absolute Gasteiger partial charge is 0.149 e. The topological polar surface area (TPSA) is 50.9 Å². The van der Waals surface area contributed by atoms with Gasteiger partial charge >= 0.3 is 0 Å². The normalized spacial score (nSPS) is 10.6. The molecule has 0 bridgehead atoms. The summed E-state index contributed by atoms with van der Waals surface area (Å²) in [5.74, 6) is 0.725. The van der Waals surface area contributed by atoms with Crippen LogP contribution in [0.25, 0.3) is 0 Å². The first-order valence-corrected chi connectivity index (χ1v) is 5.22. The van der Waals surface area contributed by atoms with Gasteiger partial charge in [-0.05, 0) is 18.9 Å². The van der Waals surface area contributed by atoms with Crippen molar-refractivity contribution in [2.24, 2.45) is 0 Å². The van der Waals surface area contributed by atoms with Gasteiger partial charge in [0, 0.05) is 12.2 Å². The molecule has 0 radical (unpaired) electrons. The third-order valence-corrected chi connectivity index (χ3v) is 2.42. The van der Waals surface area contributed by atoms with Gasteiger partial charge in [0.25, 0.3) is 0 Å². The lowest BCUT2D eigenvalue weighted by Crippen LogP contribution is -2.18. The standard InChI is InChI=1S/C10H16ClN3/c1-3-8(4-2)14-10-9(12)5-7(11)6-13-10/h5-6,8H,3-4,12H2,1-2H3,(H,13,14). The van der Waals surface area contributed by atoms with Crippen molar-refractivity contribution in [1.29, 1.82) is 0 Å². The van der Waals surface area contributed by atoms with Crippen LogP contribution in [0.5, 0.6) is 0 Å². The van der Waals surface area contributed by atoms with Crippen molar-refractivity contribution in [3.63, 3.8) is 0 Å². The Kier molecular flexibility index (Phi) is 4.01. The molecule has 0 aromatic carbocycles. The lowest BCUT2D eigenvalue weighted by molar-refractivity contribution is 0.669. The number of nitrogens with two attached hydrogens (primary N) is 1. The number of anilines is 2. The van der Waals surface area contributed by atoms with Crippen LogP contribution in [0.2, 0.25) is 5.02 Å². The second-order valence-corrected chi connectivity index (χ2v) is 3.69. The van der Waals surface area contributed by atoms with Crippen LogP contribution in [-0.2, 0) is 0 Å².